The van der Waals surface area contributed by atoms with Crippen LogP contribution in [0.25, 0.3) is 0 Å². The number of piperidine rings is 1. The second kappa shape index (κ2) is 8.47. The third kappa shape index (κ3) is 4.71. The molecule has 1 unspecified atom stereocenters. The van der Waals surface area contributed by atoms with E-state index >= 15 is 0 Å². The van der Waals surface area contributed by atoms with Crippen molar-refractivity contribution in [2.75, 3.05) is 27.2 Å². The Bertz CT molecular complexity index is 712. The average Bonchev–Trinajstić information content (AvgIpc) is 3.08. The van der Waals surface area contributed by atoms with Crippen LogP contribution in [0.4, 0.5) is 0 Å². The number of hydrogen-bond acceptors (Lipinski definition) is 4. The molecule has 1 fully saturated rings. The van der Waals surface area contributed by atoms with Crippen molar-refractivity contribution in [1.29, 1.82) is 0 Å². The Kier molecular flexibility index (Phi) is 6.06. The molecule has 6 heteroatoms. The van der Waals surface area contributed by atoms with Gasteiger partial charge in [-0.2, -0.15) is 0 Å². The highest BCUT2D eigenvalue weighted by Crippen LogP contribution is 2.15. The Labute approximate surface area is 155 Å². The number of hydrogen-bond donors (Lipinski definition) is 1. The van der Waals surface area contributed by atoms with Crippen molar-refractivity contribution in [2.45, 2.75) is 37.9 Å². The number of imidazole rings is 1. The molecule has 2 N–H and O–H groups in total. The highest BCUT2D eigenvalue weighted by Gasteiger charge is 2.28. The zero-order valence-electron chi connectivity index (χ0n) is 15.7. The van der Waals surface area contributed by atoms with Crippen molar-refractivity contribution in [3.8, 4) is 0 Å². The van der Waals surface area contributed by atoms with E-state index < -0.39 is 6.04 Å². The molecule has 1 aliphatic heterocycles. The van der Waals surface area contributed by atoms with E-state index in [1.807, 2.05) is 40.2 Å². The largest absolute Gasteiger partial charge is 0.340 e. The summed E-state index contributed by atoms with van der Waals surface area (Å²) in [5, 5.41) is 0. The van der Waals surface area contributed by atoms with Gasteiger partial charge in [0.15, 0.2) is 0 Å². The lowest BCUT2D eigenvalue weighted by atomic mass is 10.0. The van der Waals surface area contributed by atoms with Crippen LogP contribution in [0.5, 0.6) is 0 Å². The summed E-state index contributed by atoms with van der Waals surface area (Å²) in [6.07, 6.45) is 6.44. The first-order valence-electron chi connectivity index (χ1n) is 9.28. The fourth-order valence-electron chi connectivity index (χ4n) is 3.52. The molecule has 6 nitrogen and oxygen atoms in total. The molecular weight excluding hydrogens is 326 g/mol. The molecule has 0 bridgehead atoms. The van der Waals surface area contributed by atoms with E-state index in [1.54, 1.807) is 0 Å². The van der Waals surface area contributed by atoms with Crippen molar-refractivity contribution in [3.05, 3.63) is 54.1 Å². The molecule has 140 valence electrons. The van der Waals surface area contributed by atoms with Gasteiger partial charge in [-0.1, -0.05) is 30.3 Å². The number of rotatable bonds is 6. The van der Waals surface area contributed by atoms with Crippen molar-refractivity contribution >= 4 is 5.91 Å². The minimum Gasteiger partial charge on any atom is -0.340 e. The number of likely N-dealkylation sites (N-methyl/N-ethyl adjacent to an activating group) is 1. The van der Waals surface area contributed by atoms with Gasteiger partial charge >= 0.3 is 0 Å². The summed E-state index contributed by atoms with van der Waals surface area (Å²) < 4.78 is 2.03. The van der Waals surface area contributed by atoms with Gasteiger partial charge in [-0.15, -0.1) is 0 Å². The molecule has 1 aromatic heterocycles. The molecular formula is C20H29N5O. The number of carbonyl (C=O) groups excluding carboxylic acids is 1. The molecule has 2 atom stereocenters. The minimum absolute atomic E-state index is 0.0363. The van der Waals surface area contributed by atoms with Crippen LogP contribution in [0.2, 0.25) is 0 Å². The summed E-state index contributed by atoms with van der Waals surface area (Å²) in [6.45, 7) is 2.34. The van der Waals surface area contributed by atoms with Crippen LogP contribution in [0.3, 0.4) is 0 Å². The van der Waals surface area contributed by atoms with Gasteiger partial charge in [0.2, 0.25) is 5.91 Å². The number of likely N-dealkylation sites (tertiary alicyclic amines) is 1. The Hall–Kier alpha value is -2.18. The third-order valence-electron chi connectivity index (χ3n) is 5.08. The van der Waals surface area contributed by atoms with Gasteiger partial charge in [-0.3, -0.25) is 4.79 Å². The van der Waals surface area contributed by atoms with Crippen LogP contribution < -0.4 is 5.73 Å². The van der Waals surface area contributed by atoms with E-state index in [2.05, 4.69) is 36.1 Å². The first-order chi connectivity index (χ1) is 12.5. The Balaban J connectivity index is 1.56. The summed E-state index contributed by atoms with van der Waals surface area (Å²) in [6, 6.07) is 10.1. The van der Waals surface area contributed by atoms with Gasteiger partial charge in [0.05, 0.1) is 18.1 Å². The number of nitrogens with zero attached hydrogens (tertiary/aromatic N) is 4. The molecule has 1 saturated heterocycles. The average molecular weight is 355 g/mol. The van der Waals surface area contributed by atoms with Crippen LogP contribution in [-0.2, 0) is 17.8 Å². The molecule has 1 aliphatic rings. The fourth-order valence-corrected chi connectivity index (χ4v) is 3.52. The van der Waals surface area contributed by atoms with E-state index in [0.717, 1.165) is 38.2 Å². The molecule has 3 rings (SSSR count). The fraction of sp³-hybridized carbons (Fsp3) is 0.500. The second-order valence-corrected chi connectivity index (χ2v) is 7.38. The molecule has 1 aromatic carbocycles. The van der Waals surface area contributed by atoms with Crippen molar-refractivity contribution in [3.63, 3.8) is 0 Å². The van der Waals surface area contributed by atoms with Crippen molar-refractivity contribution in [1.82, 2.24) is 19.4 Å². The molecule has 0 radical (unpaired) electrons. The van der Waals surface area contributed by atoms with Gasteiger partial charge < -0.3 is 20.1 Å². The summed E-state index contributed by atoms with van der Waals surface area (Å²) in [7, 11) is 4.13. The van der Waals surface area contributed by atoms with Crippen LogP contribution in [0.15, 0.2) is 42.9 Å². The lowest BCUT2D eigenvalue weighted by molar-refractivity contribution is -0.134. The van der Waals surface area contributed by atoms with Crippen LogP contribution in [0.1, 0.15) is 24.1 Å². The van der Waals surface area contributed by atoms with E-state index in [0.29, 0.717) is 12.5 Å². The maximum atomic E-state index is 12.7. The third-order valence-corrected chi connectivity index (χ3v) is 5.08. The standard InChI is InChI=1S/C20H29N5O/c1-23(2)18-9-6-10-25(14-18)20(26)19(21)11-17-13-24(15-22-17)12-16-7-4-3-5-8-16/h3-5,7-8,13,15,18-19H,6,9-12,14,21H2,1-2H3/t18?,19-/m0/s1. The quantitative estimate of drug-likeness (QED) is 0.849. The molecule has 0 spiro atoms. The van der Waals surface area contributed by atoms with Crippen molar-refractivity contribution in [2.24, 2.45) is 5.73 Å². The topological polar surface area (TPSA) is 67.4 Å². The monoisotopic (exact) mass is 355 g/mol. The van der Waals surface area contributed by atoms with E-state index in [4.69, 9.17) is 5.73 Å². The van der Waals surface area contributed by atoms with Gasteiger partial charge in [0.1, 0.15) is 0 Å². The van der Waals surface area contributed by atoms with Crippen molar-refractivity contribution < 1.29 is 4.79 Å². The van der Waals surface area contributed by atoms with Crippen LogP contribution >= 0.6 is 0 Å². The molecule has 2 heterocycles. The summed E-state index contributed by atoms with van der Waals surface area (Å²) in [4.78, 5) is 21.3. The Morgan fingerprint density at radius 3 is 2.85 bits per heavy atom. The van der Waals surface area contributed by atoms with Gasteiger partial charge in [0, 0.05) is 38.3 Å². The van der Waals surface area contributed by atoms with E-state index in [-0.39, 0.29) is 5.91 Å². The summed E-state index contributed by atoms with van der Waals surface area (Å²) >= 11 is 0. The summed E-state index contributed by atoms with van der Waals surface area (Å²) in [5.74, 6) is 0.0363. The number of amides is 1. The number of carbonyl (C=O) groups is 1. The number of benzene rings is 1. The maximum absolute atomic E-state index is 12.7. The van der Waals surface area contributed by atoms with Gasteiger partial charge in [-0.25, -0.2) is 4.98 Å². The number of aromatic nitrogens is 2. The smallest absolute Gasteiger partial charge is 0.239 e. The predicted octanol–water partition coefficient (Wildman–Crippen LogP) is 1.35. The zero-order valence-corrected chi connectivity index (χ0v) is 15.7. The first-order valence-corrected chi connectivity index (χ1v) is 9.28. The predicted molar refractivity (Wildman–Crippen MR) is 103 cm³/mol. The normalized spacial score (nSPS) is 18.9. The lowest BCUT2D eigenvalue weighted by Crippen LogP contribution is -2.52. The molecule has 0 aliphatic carbocycles. The maximum Gasteiger partial charge on any atom is 0.239 e. The SMILES string of the molecule is CN(C)C1CCCN(C(=O)[C@@H](N)Cc2cn(Cc3ccccc3)cn2)C1. The molecule has 0 saturated carbocycles. The Morgan fingerprint density at radius 1 is 1.35 bits per heavy atom. The van der Waals surface area contributed by atoms with Gasteiger partial charge in [-0.05, 0) is 32.5 Å². The zero-order chi connectivity index (χ0) is 18.5. The van der Waals surface area contributed by atoms with Gasteiger partial charge in [0.25, 0.3) is 0 Å². The minimum atomic E-state index is -0.531. The van der Waals surface area contributed by atoms with Crippen LogP contribution in [0, 0.1) is 0 Å². The van der Waals surface area contributed by atoms with E-state index in [1.165, 1.54) is 5.56 Å². The molecule has 1 amide bonds. The number of nitrogens with two attached hydrogens (primary N) is 1. The summed E-state index contributed by atoms with van der Waals surface area (Å²) in [5.41, 5.74) is 8.30. The van der Waals surface area contributed by atoms with E-state index in [9.17, 15) is 4.79 Å². The highest BCUT2D eigenvalue weighted by molar-refractivity contribution is 5.82. The first kappa shape index (κ1) is 18.6. The molecule has 26 heavy (non-hydrogen) atoms. The molecule has 2 aromatic rings. The van der Waals surface area contributed by atoms with Crippen LogP contribution in [-0.4, -0.2) is 64.5 Å². The highest BCUT2D eigenvalue weighted by atomic mass is 16.2. The lowest BCUT2D eigenvalue weighted by Gasteiger charge is -2.37. The second-order valence-electron chi connectivity index (χ2n) is 7.38. The Morgan fingerprint density at radius 2 is 2.12 bits per heavy atom.